The van der Waals surface area contributed by atoms with Gasteiger partial charge in [-0.3, -0.25) is 9.59 Å². The molecule has 0 aliphatic carbocycles. The van der Waals surface area contributed by atoms with Crippen LogP contribution in [0.3, 0.4) is 0 Å². The van der Waals surface area contributed by atoms with Gasteiger partial charge in [-0.1, -0.05) is 231 Å². The molecule has 1 saturated heterocycles. The summed E-state index contributed by atoms with van der Waals surface area (Å²) in [6.45, 7) is 5.66. The first-order valence-corrected chi connectivity index (χ1v) is 28.3. The fraction of sp³-hybridized carbons (Fsp3) is 0.860. The van der Waals surface area contributed by atoms with E-state index >= 15 is 0 Å². The highest BCUT2D eigenvalue weighted by Gasteiger charge is 2.47. The summed E-state index contributed by atoms with van der Waals surface area (Å²) < 4.78 is 17.5. The normalized spacial score (nSPS) is 20.1. The molecule has 68 heavy (non-hydrogen) atoms. The van der Waals surface area contributed by atoms with Crippen LogP contribution in [0, 0.1) is 0 Å². The first kappa shape index (κ1) is 63.9. The summed E-state index contributed by atoms with van der Waals surface area (Å²) in [5.41, 5.74) is 0. The number of esters is 1. The van der Waals surface area contributed by atoms with E-state index in [4.69, 9.17) is 14.2 Å². The van der Waals surface area contributed by atoms with Crippen LogP contribution in [0.15, 0.2) is 36.5 Å². The number of ether oxygens (including phenoxy) is 3. The number of hydrogen-bond donors (Lipinski definition) is 6. The fourth-order valence-corrected chi connectivity index (χ4v) is 8.81. The zero-order valence-electron chi connectivity index (χ0n) is 43.7. The lowest BCUT2D eigenvalue weighted by atomic mass is 9.99. The van der Waals surface area contributed by atoms with Crippen molar-refractivity contribution in [1.29, 1.82) is 0 Å². The molecule has 0 bridgehead atoms. The summed E-state index contributed by atoms with van der Waals surface area (Å²) in [4.78, 5) is 26.4. The van der Waals surface area contributed by atoms with E-state index in [1.165, 1.54) is 122 Å². The largest absolute Gasteiger partial charge is 0.454 e. The highest BCUT2D eigenvalue weighted by molar-refractivity contribution is 5.80. The van der Waals surface area contributed by atoms with Crippen LogP contribution in [-0.2, 0) is 23.8 Å². The molecule has 0 aromatic carbocycles. The maximum absolute atomic E-state index is 13.3. The molecule has 0 aromatic heterocycles. The molecule has 0 saturated carbocycles. The van der Waals surface area contributed by atoms with E-state index in [-0.39, 0.29) is 13.0 Å². The van der Waals surface area contributed by atoms with Crippen LogP contribution in [0.1, 0.15) is 252 Å². The maximum Gasteiger partial charge on any atom is 0.306 e. The number of nitrogens with one attached hydrogen (secondary N) is 1. The molecule has 1 aliphatic heterocycles. The van der Waals surface area contributed by atoms with Crippen molar-refractivity contribution in [3.63, 3.8) is 0 Å². The van der Waals surface area contributed by atoms with Crippen LogP contribution in [0.4, 0.5) is 0 Å². The summed E-state index contributed by atoms with van der Waals surface area (Å²) in [6, 6.07) is -1.02. The van der Waals surface area contributed by atoms with Gasteiger partial charge in [-0.05, 0) is 51.4 Å². The van der Waals surface area contributed by atoms with E-state index in [9.17, 15) is 35.1 Å². The minimum atomic E-state index is -1.61. The fourth-order valence-electron chi connectivity index (χ4n) is 8.81. The Kier molecular flexibility index (Phi) is 43.2. The SMILES string of the molecule is CC/C=C/C/C=C/CCCCCCCCCC(=O)OC1C(OCC(NC(=O)C(O)CCCCCCCCCCCCCCCC)C(O)/C=C/CCCCCCCCCCC)OC(CO)C(O)C1O. The summed E-state index contributed by atoms with van der Waals surface area (Å²) in [5.74, 6) is -1.20. The van der Waals surface area contributed by atoms with Gasteiger partial charge in [0.2, 0.25) is 5.91 Å². The molecule has 0 aromatic rings. The predicted molar refractivity (Wildman–Crippen MR) is 278 cm³/mol. The zero-order valence-corrected chi connectivity index (χ0v) is 43.7. The van der Waals surface area contributed by atoms with Gasteiger partial charge < -0.3 is 45.1 Å². The molecular formula is C57H105NO10. The zero-order chi connectivity index (χ0) is 49.7. The first-order chi connectivity index (χ1) is 33.2. The van der Waals surface area contributed by atoms with Crippen molar-refractivity contribution in [3.8, 4) is 0 Å². The molecule has 1 fully saturated rings. The van der Waals surface area contributed by atoms with Gasteiger partial charge in [0.1, 0.15) is 24.4 Å². The van der Waals surface area contributed by atoms with E-state index in [1.807, 2.05) is 6.08 Å². The van der Waals surface area contributed by atoms with E-state index in [0.717, 1.165) is 83.5 Å². The van der Waals surface area contributed by atoms with E-state index in [1.54, 1.807) is 6.08 Å². The molecule has 1 aliphatic rings. The first-order valence-electron chi connectivity index (χ1n) is 28.3. The van der Waals surface area contributed by atoms with Gasteiger partial charge in [-0.25, -0.2) is 0 Å². The molecule has 6 N–H and O–H groups in total. The number of rotatable bonds is 47. The molecule has 8 atom stereocenters. The van der Waals surface area contributed by atoms with Crippen LogP contribution in [0.25, 0.3) is 0 Å². The monoisotopic (exact) mass is 964 g/mol. The van der Waals surface area contributed by atoms with Gasteiger partial charge in [-0.2, -0.15) is 0 Å². The average molecular weight is 964 g/mol. The van der Waals surface area contributed by atoms with Crippen molar-refractivity contribution in [3.05, 3.63) is 36.5 Å². The predicted octanol–water partition coefficient (Wildman–Crippen LogP) is 12.3. The van der Waals surface area contributed by atoms with Crippen LogP contribution < -0.4 is 5.32 Å². The van der Waals surface area contributed by atoms with Gasteiger partial charge in [0, 0.05) is 6.42 Å². The van der Waals surface area contributed by atoms with Crippen molar-refractivity contribution in [2.75, 3.05) is 13.2 Å². The lowest BCUT2D eigenvalue weighted by Crippen LogP contribution is -2.61. The van der Waals surface area contributed by atoms with E-state index < -0.39 is 67.4 Å². The Morgan fingerprint density at radius 2 is 1.06 bits per heavy atom. The Bertz CT molecular complexity index is 1240. The number of aliphatic hydroxyl groups is 5. The number of aliphatic hydroxyl groups excluding tert-OH is 5. The highest BCUT2D eigenvalue weighted by Crippen LogP contribution is 2.26. The van der Waals surface area contributed by atoms with Gasteiger partial charge in [0.15, 0.2) is 12.4 Å². The summed E-state index contributed by atoms with van der Waals surface area (Å²) in [7, 11) is 0. The molecule has 1 rings (SSSR count). The second-order valence-corrected chi connectivity index (χ2v) is 19.6. The highest BCUT2D eigenvalue weighted by atomic mass is 16.7. The third-order valence-electron chi connectivity index (χ3n) is 13.3. The Labute approximate surface area is 415 Å². The minimum Gasteiger partial charge on any atom is -0.454 e. The van der Waals surface area contributed by atoms with Gasteiger partial charge in [0.05, 0.1) is 25.4 Å². The molecule has 11 heteroatoms. The number of hydrogen-bond acceptors (Lipinski definition) is 10. The van der Waals surface area contributed by atoms with Crippen LogP contribution in [-0.4, -0.2) is 99.6 Å². The third-order valence-corrected chi connectivity index (χ3v) is 13.3. The number of amides is 1. The standard InChI is InChI=1S/C57H105NO10/c1-4-7-10-13-16-19-22-24-26-29-32-35-38-41-44-50(61)56(65)58-48(49(60)43-40-37-34-31-28-21-18-15-12-9-6-3)47-66-57-55(54(64)53(63)51(46-59)67-57)68-52(62)45-42-39-36-33-30-27-25-23-20-17-14-11-8-5-2/h8,11,17,20,40,43,48-51,53-55,57,59-61,63-64H,4-7,9-10,12-16,18-19,21-39,41-42,44-47H2,1-3H3,(H,58,65)/b11-8+,20-17+,43-40+. The number of carbonyl (C=O) groups excluding carboxylic acids is 2. The van der Waals surface area contributed by atoms with Crippen molar-refractivity contribution in [1.82, 2.24) is 5.32 Å². The van der Waals surface area contributed by atoms with Crippen molar-refractivity contribution in [2.24, 2.45) is 0 Å². The van der Waals surface area contributed by atoms with E-state index in [0.29, 0.717) is 19.3 Å². The van der Waals surface area contributed by atoms with Crippen molar-refractivity contribution >= 4 is 11.9 Å². The quantitative estimate of drug-likeness (QED) is 0.0196. The van der Waals surface area contributed by atoms with Gasteiger partial charge >= 0.3 is 5.97 Å². The molecule has 1 amide bonds. The number of carbonyl (C=O) groups is 2. The summed E-state index contributed by atoms with van der Waals surface area (Å²) in [6.07, 6.45) is 41.9. The van der Waals surface area contributed by atoms with Gasteiger partial charge in [0.25, 0.3) is 0 Å². The van der Waals surface area contributed by atoms with Crippen LogP contribution in [0.2, 0.25) is 0 Å². The van der Waals surface area contributed by atoms with Crippen LogP contribution >= 0.6 is 0 Å². The smallest absolute Gasteiger partial charge is 0.306 e. The molecule has 0 spiro atoms. The van der Waals surface area contributed by atoms with Crippen molar-refractivity contribution in [2.45, 2.75) is 301 Å². The third kappa shape index (κ3) is 34.2. The molecule has 0 radical (unpaired) electrons. The second kappa shape index (κ2) is 46.0. The molecule has 398 valence electrons. The molecule has 11 nitrogen and oxygen atoms in total. The Morgan fingerprint density at radius 3 is 1.57 bits per heavy atom. The topological polar surface area (TPSA) is 175 Å². The molecule has 1 heterocycles. The number of unbranched alkanes of at least 4 members (excludes halogenated alkanes) is 29. The Hall–Kier alpha value is -2.12. The van der Waals surface area contributed by atoms with E-state index in [2.05, 4.69) is 50.4 Å². The average Bonchev–Trinajstić information content (AvgIpc) is 3.33. The molecular weight excluding hydrogens is 859 g/mol. The summed E-state index contributed by atoms with van der Waals surface area (Å²) >= 11 is 0. The maximum atomic E-state index is 13.3. The lowest BCUT2D eigenvalue weighted by Gasteiger charge is -2.41. The molecule has 8 unspecified atom stereocenters. The van der Waals surface area contributed by atoms with Crippen molar-refractivity contribution < 1.29 is 49.3 Å². The number of allylic oxidation sites excluding steroid dienone is 5. The summed E-state index contributed by atoms with van der Waals surface area (Å²) in [5, 5.41) is 56.7. The lowest BCUT2D eigenvalue weighted by molar-refractivity contribution is -0.305. The van der Waals surface area contributed by atoms with Crippen LogP contribution in [0.5, 0.6) is 0 Å². The Balaban J connectivity index is 2.73. The second-order valence-electron chi connectivity index (χ2n) is 19.6. The minimum absolute atomic E-state index is 0.116. The Morgan fingerprint density at radius 1 is 0.588 bits per heavy atom. The van der Waals surface area contributed by atoms with Gasteiger partial charge in [-0.15, -0.1) is 0 Å².